The van der Waals surface area contributed by atoms with Crippen LogP contribution in [0.5, 0.6) is 5.75 Å². The number of benzene rings is 2. The Bertz CT molecular complexity index is 932. The predicted molar refractivity (Wildman–Crippen MR) is 106 cm³/mol. The number of rotatable bonds is 3. The molecule has 9 heteroatoms. The lowest BCUT2D eigenvalue weighted by Gasteiger charge is -2.23. The third-order valence-corrected chi connectivity index (χ3v) is 5.16. The largest absolute Gasteiger partial charge is 0.496 e. The maximum absolute atomic E-state index is 12.9. The van der Waals surface area contributed by atoms with Crippen molar-refractivity contribution >= 4 is 23.4 Å². The molecule has 0 bridgehead atoms. The normalized spacial score (nSPS) is 15.0. The van der Waals surface area contributed by atoms with E-state index >= 15 is 0 Å². The molecule has 0 aromatic heterocycles. The SMILES string of the molecule is COc1ccc(Cl)cc1C(=O)N1CCCN(C(=O)c2ccc(C(F)(F)F)cc2)CC1. The smallest absolute Gasteiger partial charge is 0.416 e. The number of carbonyl (C=O) groups excluding carboxylic acids is 2. The standard InChI is InChI=1S/C21H20ClF3N2O3/c1-30-18-8-7-16(22)13-17(18)20(29)27-10-2-9-26(11-12-27)19(28)14-3-5-15(6-4-14)21(23,24)25/h3-8,13H,2,9-12H2,1H3. The van der Waals surface area contributed by atoms with Crippen LogP contribution in [0.2, 0.25) is 5.02 Å². The highest BCUT2D eigenvalue weighted by molar-refractivity contribution is 6.31. The van der Waals surface area contributed by atoms with Gasteiger partial charge in [0, 0.05) is 36.8 Å². The summed E-state index contributed by atoms with van der Waals surface area (Å²) in [6.07, 6.45) is -3.91. The monoisotopic (exact) mass is 440 g/mol. The van der Waals surface area contributed by atoms with E-state index in [-0.39, 0.29) is 23.9 Å². The molecule has 1 aliphatic heterocycles. The Morgan fingerprint density at radius 3 is 2.10 bits per heavy atom. The average Bonchev–Trinajstić information content (AvgIpc) is 2.98. The van der Waals surface area contributed by atoms with E-state index in [0.717, 1.165) is 12.1 Å². The molecule has 5 nitrogen and oxygen atoms in total. The van der Waals surface area contributed by atoms with Crippen LogP contribution < -0.4 is 4.74 Å². The maximum Gasteiger partial charge on any atom is 0.416 e. The third kappa shape index (κ3) is 4.87. The lowest BCUT2D eigenvalue weighted by atomic mass is 10.1. The van der Waals surface area contributed by atoms with Gasteiger partial charge in [-0.05, 0) is 48.9 Å². The Labute approximate surface area is 177 Å². The Hall–Kier alpha value is -2.74. The Morgan fingerprint density at radius 1 is 0.933 bits per heavy atom. The minimum Gasteiger partial charge on any atom is -0.496 e. The number of hydrogen-bond acceptors (Lipinski definition) is 3. The molecule has 3 rings (SSSR count). The molecule has 160 valence electrons. The van der Waals surface area contributed by atoms with E-state index in [1.165, 1.54) is 19.2 Å². The summed E-state index contributed by atoms with van der Waals surface area (Å²) >= 11 is 6.01. The third-order valence-electron chi connectivity index (χ3n) is 4.92. The number of nitrogens with zero attached hydrogens (tertiary/aromatic N) is 2. The van der Waals surface area contributed by atoms with Gasteiger partial charge >= 0.3 is 6.18 Å². The summed E-state index contributed by atoms with van der Waals surface area (Å²) in [5.74, 6) is -0.206. The predicted octanol–water partition coefficient (Wildman–Crippen LogP) is 4.36. The Kier molecular flexibility index (Phi) is 6.55. The molecule has 2 aromatic carbocycles. The summed E-state index contributed by atoms with van der Waals surface area (Å²) in [5, 5.41) is 0.410. The van der Waals surface area contributed by atoms with Gasteiger partial charge in [-0.25, -0.2) is 0 Å². The van der Waals surface area contributed by atoms with E-state index in [1.807, 2.05) is 0 Å². The van der Waals surface area contributed by atoms with E-state index in [9.17, 15) is 22.8 Å². The second-order valence-electron chi connectivity index (χ2n) is 6.86. The van der Waals surface area contributed by atoms with Gasteiger partial charge in [0.2, 0.25) is 0 Å². The number of methoxy groups -OCH3 is 1. The molecule has 1 aliphatic rings. The van der Waals surface area contributed by atoms with Gasteiger partial charge in [-0.1, -0.05) is 11.6 Å². The summed E-state index contributed by atoms with van der Waals surface area (Å²) in [5.41, 5.74) is -0.283. The summed E-state index contributed by atoms with van der Waals surface area (Å²) in [6.45, 7) is 1.40. The number of ether oxygens (including phenoxy) is 1. The summed E-state index contributed by atoms with van der Waals surface area (Å²) in [4.78, 5) is 28.8. The Morgan fingerprint density at radius 2 is 1.53 bits per heavy atom. The van der Waals surface area contributed by atoms with Crippen molar-refractivity contribution in [3.05, 3.63) is 64.2 Å². The topological polar surface area (TPSA) is 49.9 Å². The molecule has 30 heavy (non-hydrogen) atoms. The summed E-state index contributed by atoms with van der Waals surface area (Å²) < 4.78 is 43.4. The zero-order chi connectivity index (χ0) is 21.9. The molecule has 0 unspecified atom stereocenters. The van der Waals surface area contributed by atoms with E-state index in [1.54, 1.807) is 28.0 Å². The van der Waals surface area contributed by atoms with E-state index in [2.05, 4.69) is 0 Å². The van der Waals surface area contributed by atoms with Crippen molar-refractivity contribution in [2.24, 2.45) is 0 Å². The van der Waals surface area contributed by atoms with Gasteiger partial charge in [0.25, 0.3) is 11.8 Å². The van der Waals surface area contributed by atoms with Gasteiger partial charge in [-0.3, -0.25) is 9.59 Å². The van der Waals surface area contributed by atoms with Crippen LogP contribution in [0.15, 0.2) is 42.5 Å². The van der Waals surface area contributed by atoms with Crippen molar-refractivity contribution in [3.63, 3.8) is 0 Å². The minimum atomic E-state index is -4.45. The minimum absolute atomic E-state index is 0.180. The van der Waals surface area contributed by atoms with Crippen LogP contribution in [0.25, 0.3) is 0 Å². The number of alkyl halides is 3. The second kappa shape index (κ2) is 8.95. The summed E-state index contributed by atoms with van der Waals surface area (Å²) in [7, 11) is 1.47. The zero-order valence-corrected chi connectivity index (χ0v) is 17.0. The van der Waals surface area contributed by atoms with Crippen molar-refractivity contribution in [2.45, 2.75) is 12.6 Å². The van der Waals surface area contributed by atoms with Gasteiger partial charge < -0.3 is 14.5 Å². The molecular formula is C21H20ClF3N2O3. The van der Waals surface area contributed by atoms with Gasteiger partial charge in [0.1, 0.15) is 5.75 Å². The molecule has 0 radical (unpaired) electrons. The Balaban J connectivity index is 1.70. The molecule has 0 spiro atoms. The van der Waals surface area contributed by atoms with Crippen LogP contribution in [-0.4, -0.2) is 54.9 Å². The van der Waals surface area contributed by atoms with E-state index in [0.29, 0.717) is 42.4 Å². The first kappa shape index (κ1) is 22.0. The van der Waals surface area contributed by atoms with Crippen LogP contribution in [0.3, 0.4) is 0 Å². The van der Waals surface area contributed by atoms with Gasteiger partial charge in [0.15, 0.2) is 0 Å². The molecule has 2 amide bonds. The van der Waals surface area contributed by atoms with Crippen molar-refractivity contribution < 1.29 is 27.5 Å². The van der Waals surface area contributed by atoms with Crippen LogP contribution in [0.4, 0.5) is 13.2 Å². The first-order chi connectivity index (χ1) is 14.2. The van der Waals surface area contributed by atoms with Crippen molar-refractivity contribution in [3.8, 4) is 5.75 Å². The van der Waals surface area contributed by atoms with Crippen LogP contribution >= 0.6 is 11.6 Å². The number of halogens is 4. The van der Waals surface area contributed by atoms with E-state index < -0.39 is 11.7 Å². The summed E-state index contributed by atoms with van der Waals surface area (Å²) in [6, 6.07) is 8.93. The lowest BCUT2D eigenvalue weighted by molar-refractivity contribution is -0.137. The van der Waals surface area contributed by atoms with Crippen LogP contribution in [0.1, 0.15) is 32.7 Å². The van der Waals surface area contributed by atoms with Crippen molar-refractivity contribution in [1.29, 1.82) is 0 Å². The number of amides is 2. The van der Waals surface area contributed by atoms with E-state index in [4.69, 9.17) is 16.3 Å². The van der Waals surface area contributed by atoms with Crippen molar-refractivity contribution in [2.75, 3.05) is 33.3 Å². The highest BCUT2D eigenvalue weighted by Gasteiger charge is 2.31. The highest BCUT2D eigenvalue weighted by Crippen LogP contribution is 2.29. The fourth-order valence-electron chi connectivity index (χ4n) is 3.33. The first-order valence-corrected chi connectivity index (χ1v) is 9.68. The van der Waals surface area contributed by atoms with Crippen LogP contribution in [-0.2, 0) is 6.18 Å². The number of carbonyl (C=O) groups is 2. The van der Waals surface area contributed by atoms with Crippen molar-refractivity contribution in [1.82, 2.24) is 9.80 Å². The average molecular weight is 441 g/mol. The van der Waals surface area contributed by atoms with Crippen LogP contribution in [0, 0.1) is 0 Å². The molecule has 1 saturated heterocycles. The molecule has 0 aliphatic carbocycles. The molecule has 0 N–H and O–H groups in total. The van der Waals surface area contributed by atoms with Gasteiger partial charge in [-0.2, -0.15) is 13.2 Å². The highest BCUT2D eigenvalue weighted by atomic mass is 35.5. The fourth-order valence-corrected chi connectivity index (χ4v) is 3.50. The molecule has 0 atom stereocenters. The second-order valence-corrected chi connectivity index (χ2v) is 7.29. The fraction of sp³-hybridized carbons (Fsp3) is 0.333. The van der Waals surface area contributed by atoms with Gasteiger partial charge in [-0.15, -0.1) is 0 Å². The zero-order valence-electron chi connectivity index (χ0n) is 16.2. The molecule has 1 fully saturated rings. The quantitative estimate of drug-likeness (QED) is 0.712. The first-order valence-electron chi connectivity index (χ1n) is 9.30. The lowest BCUT2D eigenvalue weighted by Crippen LogP contribution is -2.37. The maximum atomic E-state index is 12.9. The number of hydrogen-bond donors (Lipinski definition) is 0. The molecule has 1 heterocycles. The van der Waals surface area contributed by atoms with Gasteiger partial charge in [0.05, 0.1) is 18.2 Å². The molecule has 2 aromatic rings. The molecule has 0 saturated carbocycles. The molecular weight excluding hydrogens is 421 g/mol.